The highest BCUT2D eigenvalue weighted by Crippen LogP contribution is 2.22. The Kier molecular flexibility index (Phi) is 4.09. The van der Waals surface area contributed by atoms with Crippen LogP contribution in [0, 0.1) is 17.0 Å². The first-order valence-corrected chi connectivity index (χ1v) is 5.33. The van der Waals surface area contributed by atoms with Crippen LogP contribution in [0.4, 0.5) is 5.69 Å². The predicted molar refractivity (Wildman–Crippen MR) is 61.5 cm³/mol. The fourth-order valence-corrected chi connectivity index (χ4v) is 1.60. The van der Waals surface area contributed by atoms with Gasteiger partial charge < -0.3 is 0 Å². The Labute approximate surface area is 94.2 Å². The van der Waals surface area contributed by atoms with Gasteiger partial charge in [0.15, 0.2) is 0 Å². The Hall–Kier alpha value is -1.09. The van der Waals surface area contributed by atoms with E-state index in [4.69, 9.17) is 11.6 Å². The molecule has 0 saturated heterocycles. The van der Waals surface area contributed by atoms with E-state index in [1.54, 1.807) is 13.0 Å². The summed E-state index contributed by atoms with van der Waals surface area (Å²) in [5.74, 6) is 0. The van der Waals surface area contributed by atoms with Gasteiger partial charge in [0.1, 0.15) is 0 Å². The Morgan fingerprint density at radius 3 is 2.73 bits per heavy atom. The van der Waals surface area contributed by atoms with E-state index < -0.39 is 0 Å². The zero-order valence-electron chi connectivity index (χ0n) is 8.87. The molecule has 1 atom stereocenters. The molecular formula is C11H14ClNO2. The molecule has 0 amide bonds. The van der Waals surface area contributed by atoms with Gasteiger partial charge in [0.25, 0.3) is 5.69 Å². The average Bonchev–Trinajstić information content (AvgIpc) is 2.15. The lowest BCUT2D eigenvalue weighted by Gasteiger charge is -2.06. The van der Waals surface area contributed by atoms with Gasteiger partial charge in [0, 0.05) is 17.0 Å². The number of hydrogen-bond donors (Lipinski definition) is 0. The summed E-state index contributed by atoms with van der Waals surface area (Å²) in [4.78, 5) is 10.3. The van der Waals surface area contributed by atoms with Gasteiger partial charge in [-0.05, 0) is 32.3 Å². The standard InChI is InChI=1S/C11H14ClNO2/c1-8(12)6-7-10-4-3-5-11(9(10)2)13(14)15/h3-5,8H,6-7H2,1-2H3. The van der Waals surface area contributed by atoms with E-state index in [1.807, 2.05) is 13.0 Å². The molecule has 15 heavy (non-hydrogen) atoms. The van der Waals surface area contributed by atoms with Gasteiger partial charge in [0.05, 0.1) is 4.92 Å². The number of nitrogens with zero attached hydrogens (tertiary/aromatic N) is 1. The highest BCUT2D eigenvalue weighted by atomic mass is 35.5. The Morgan fingerprint density at radius 1 is 1.53 bits per heavy atom. The third kappa shape index (κ3) is 3.20. The molecule has 0 fully saturated rings. The molecule has 0 aliphatic rings. The molecule has 0 N–H and O–H groups in total. The molecule has 0 aromatic heterocycles. The minimum Gasteiger partial charge on any atom is -0.258 e. The topological polar surface area (TPSA) is 43.1 Å². The summed E-state index contributed by atoms with van der Waals surface area (Å²) in [6.45, 7) is 3.71. The number of halogens is 1. The number of benzene rings is 1. The fourth-order valence-electron chi connectivity index (χ4n) is 1.49. The maximum atomic E-state index is 10.7. The minimum atomic E-state index is -0.344. The molecule has 0 spiro atoms. The Balaban J connectivity index is 2.89. The lowest BCUT2D eigenvalue weighted by atomic mass is 10.0. The van der Waals surface area contributed by atoms with E-state index >= 15 is 0 Å². The summed E-state index contributed by atoms with van der Waals surface area (Å²) in [7, 11) is 0. The summed E-state index contributed by atoms with van der Waals surface area (Å²) in [5.41, 5.74) is 1.95. The van der Waals surface area contributed by atoms with Crippen LogP contribution in [0.25, 0.3) is 0 Å². The quantitative estimate of drug-likeness (QED) is 0.449. The van der Waals surface area contributed by atoms with Crippen LogP contribution in [0.1, 0.15) is 24.5 Å². The van der Waals surface area contributed by atoms with E-state index in [2.05, 4.69) is 0 Å². The van der Waals surface area contributed by atoms with Crippen molar-refractivity contribution in [2.45, 2.75) is 32.1 Å². The molecule has 82 valence electrons. The molecule has 0 bridgehead atoms. The van der Waals surface area contributed by atoms with Gasteiger partial charge in [-0.15, -0.1) is 11.6 Å². The van der Waals surface area contributed by atoms with E-state index in [0.717, 1.165) is 24.0 Å². The number of nitro groups is 1. The second-order valence-electron chi connectivity index (χ2n) is 3.64. The molecule has 3 nitrogen and oxygen atoms in total. The summed E-state index contributed by atoms with van der Waals surface area (Å²) >= 11 is 5.85. The van der Waals surface area contributed by atoms with Crippen LogP contribution in [0.15, 0.2) is 18.2 Å². The lowest BCUT2D eigenvalue weighted by molar-refractivity contribution is -0.385. The monoisotopic (exact) mass is 227 g/mol. The van der Waals surface area contributed by atoms with E-state index in [9.17, 15) is 10.1 Å². The first-order valence-electron chi connectivity index (χ1n) is 4.89. The van der Waals surface area contributed by atoms with Crippen molar-refractivity contribution in [2.75, 3.05) is 0 Å². The molecular weight excluding hydrogens is 214 g/mol. The van der Waals surface area contributed by atoms with Crippen molar-refractivity contribution in [1.82, 2.24) is 0 Å². The Morgan fingerprint density at radius 2 is 2.20 bits per heavy atom. The van der Waals surface area contributed by atoms with Crippen LogP contribution < -0.4 is 0 Å². The van der Waals surface area contributed by atoms with Crippen molar-refractivity contribution in [1.29, 1.82) is 0 Å². The molecule has 1 rings (SSSR count). The molecule has 0 saturated carbocycles. The molecule has 0 aliphatic heterocycles. The van der Waals surface area contributed by atoms with Crippen LogP contribution in [0.2, 0.25) is 0 Å². The molecule has 1 aromatic rings. The molecule has 0 heterocycles. The Bertz CT molecular complexity index is 364. The number of rotatable bonds is 4. The number of hydrogen-bond acceptors (Lipinski definition) is 2. The van der Waals surface area contributed by atoms with E-state index in [0.29, 0.717) is 0 Å². The van der Waals surface area contributed by atoms with Crippen LogP contribution in [0.3, 0.4) is 0 Å². The van der Waals surface area contributed by atoms with Crippen molar-refractivity contribution >= 4 is 17.3 Å². The molecule has 1 unspecified atom stereocenters. The normalized spacial score (nSPS) is 12.5. The number of nitro benzene ring substituents is 1. The van der Waals surface area contributed by atoms with Gasteiger partial charge in [-0.1, -0.05) is 12.1 Å². The maximum Gasteiger partial charge on any atom is 0.272 e. The van der Waals surface area contributed by atoms with Crippen LogP contribution in [0.5, 0.6) is 0 Å². The molecule has 0 radical (unpaired) electrons. The van der Waals surface area contributed by atoms with Crippen LogP contribution >= 0.6 is 11.6 Å². The molecule has 0 aliphatic carbocycles. The van der Waals surface area contributed by atoms with Crippen LogP contribution in [-0.4, -0.2) is 10.3 Å². The van der Waals surface area contributed by atoms with E-state index in [1.165, 1.54) is 6.07 Å². The van der Waals surface area contributed by atoms with Crippen molar-refractivity contribution in [3.8, 4) is 0 Å². The largest absolute Gasteiger partial charge is 0.272 e. The SMILES string of the molecule is Cc1c(CCC(C)Cl)cccc1[N+](=O)[O-]. The van der Waals surface area contributed by atoms with Crippen molar-refractivity contribution < 1.29 is 4.92 Å². The molecule has 1 aromatic carbocycles. The van der Waals surface area contributed by atoms with E-state index in [-0.39, 0.29) is 16.0 Å². The first-order chi connectivity index (χ1) is 7.02. The number of alkyl halides is 1. The maximum absolute atomic E-state index is 10.7. The third-order valence-corrected chi connectivity index (χ3v) is 2.64. The molecule has 4 heteroatoms. The van der Waals surface area contributed by atoms with Crippen molar-refractivity contribution in [3.05, 3.63) is 39.4 Å². The fraction of sp³-hybridized carbons (Fsp3) is 0.455. The van der Waals surface area contributed by atoms with Gasteiger partial charge >= 0.3 is 0 Å². The van der Waals surface area contributed by atoms with Gasteiger partial charge in [-0.25, -0.2) is 0 Å². The zero-order chi connectivity index (χ0) is 11.4. The van der Waals surface area contributed by atoms with Crippen molar-refractivity contribution in [3.63, 3.8) is 0 Å². The smallest absolute Gasteiger partial charge is 0.258 e. The van der Waals surface area contributed by atoms with Gasteiger partial charge in [-0.2, -0.15) is 0 Å². The third-order valence-electron chi connectivity index (χ3n) is 2.43. The van der Waals surface area contributed by atoms with Crippen LogP contribution in [-0.2, 0) is 6.42 Å². The average molecular weight is 228 g/mol. The highest BCUT2D eigenvalue weighted by molar-refractivity contribution is 6.20. The summed E-state index contributed by atoms with van der Waals surface area (Å²) < 4.78 is 0. The second-order valence-corrected chi connectivity index (χ2v) is 4.38. The van der Waals surface area contributed by atoms with Gasteiger partial charge in [0.2, 0.25) is 0 Å². The number of aryl methyl sites for hydroxylation is 1. The van der Waals surface area contributed by atoms with Crippen molar-refractivity contribution in [2.24, 2.45) is 0 Å². The first kappa shape index (κ1) is 12.0. The summed E-state index contributed by atoms with van der Waals surface area (Å²) in [5, 5.41) is 10.8. The minimum absolute atomic E-state index is 0.101. The predicted octanol–water partition coefficient (Wildman–Crippen LogP) is 3.46. The lowest BCUT2D eigenvalue weighted by Crippen LogP contribution is -1.99. The summed E-state index contributed by atoms with van der Waals surface area (Å²) in [6, 6.07) is 5.17. The zero-order valence-corrected chi connectivity index (χ0v) is 9.62. The second kappa shape index (κ2) is 5.12. The highest BCUT2D eigenvalue weighted by Gasteiger charge is 2.12. The van der Waals surface area contributed by atoms with Gasteiger partial charge in [-0.3, -0.25) is 10.1 Å². The summed E-state index contributed by atoms with van der Waals surface area (Å²) in [6.07, 6.45) is 1.63.